The lowest BCUT2D eigenvalue weighted by Gasteiger charge is -2.08. The van der Waals surface area contributed by atoms with Crippen molar-refractivity contribution < 1.29 is 27.5 Å². The van der Waals surface area contributed by atoms with Crippen LogP contribution in [0.3, 0.4) is 0 Å². The fraction of sp³-hybridized carbons (Fsp3) is 0.333. The quantitative estimate of drug-likeness (QED) is 0.656. The van der Waals surface area contributed by atoms with Crippen molar-refractivity contribution in [1.29, 1.82) is 0 Å². The van der Waals surface area contributed by atoms with Gasteiger partial charge in [0.2, 0.25) is 16.8 Å². The first-order chi connectivity index (χ1) is 8.38. The van der Waals surface area contributed by atoms with Gasteiger partial charge in [-0.05, 0) is 12.1 Å². The predicted molar refractivity (Wildman–Crippen MR) is 57.4 cm³/mol. The Morgan fingerprint density at radius 3 is 2.72 bits per heavy atom. The zero-order chi connectivity index (χ0) is 13.3. The van der Waals surface area contributed by atoms with Crippen LogP contribution in [0.5, 0.6) is 0 Å². The molecule has 1 aromatic heterocycles. The summed E-state index contributed by atoms with van der Waals surface area (Å²) < 4.78 is 30.5. The Balaban J connectivity index is 2.15. The van der Waals surface area contributed by atoms with Gasteiger partial charge in [-0.2, -0.15) is 0 Å². The number of nitrogens with one attached hydrogen (secondary N) is 2. The molecule has 0 saturated carbocycles. The molecule has 1 aromatic rings. The third-order valence-corrected chi connectivity index (χ3v) is 3.75. The molecule has 0 bridgehead atoms. The summed E-state index contributed by atoms with van der Waals surface area (Å²) in [5, 5.41) is 10.6. The molecule has 2 rings (SSSR count). The minimum absolute atomic E-state index is 0.0473. The highest BCUT2D eigenvalue weighted by atomic mass is 32.2. The SMILES string of the molecule is O=C1CC(NS(=O)(=O)c2ccc(C(=O)O)o2)CN1. The Bertz CT molecular complexity index is 590. The van der Waals surface area contributed by atoms with Gasteiger partial charge in [0.1, 0.15) is 0 Å². The molecule has 0 spiro atoms. The maximum Gasteiger partial charge on any atom is 0.371 e. The molecule has 9 heteroatoms. The molecular weight excluding hydrogens is 264 g/mol. The Kier molecular flexibility index (Phi) is 3.09. The summed E-state index contributed by atoms with van der Waals surface area (Å²) in [5.41, 5.74) is 0. The zero-order valence-electron chi connectivity index (χ0n) is 9.04. The number of hydrogen-bond donors (Lipinski definition) is 3. The summed E-state index contributed by atoms with van der Waals surface area (Å²) in [5.74, 6) is -2.06. The molecule has 3 N–H and O–H groups in total. The second kappa shape index (κ2) is 4.42. The highest BCUT2D eigenvalue weighted by Gasteiger charge is 2.29. The van der Waals surface area contributed by atoms with Gasteiger partial charge in [0.05, 0.1) is 0 Å². The van der Waals surface area contributed by atoms with Gasteiger partial charge in [0.15, 0.2) is 0 Å². The van der Waals surface area contributed by atoms with Crippen LogP contribution < -0.4 is 10.0 Å². The molecule has 1 aliphatic heterocycles. The molecule has 98 valence electrons. The second-order valence-electron chi connectivity index (χ2n) is 3.75. The van der Waals surface area contributed by atoms with Crippen LogP contribution in [0.25, 0.3) is 0 Å². The monoisotopic (exact) mass is 274 g/mol. The fourth-order valence-electron chi connectivity index (χ4n) is 1.55. The minimum Gasteiger partial charge on any atom is -0.475 e. The molecule has 1 aliphatic rings. The molecule has 1 amide bonds. The maximum absolute atomic E-state index is 11.8. The zero-order valence-corrected chi connectivity index (χ0v) is 9.86. The average Bonchev–Trinajstić information content (AvgIpc) is 2.86. The van der Waals surface area contributed by atoms with Crippen molar-refractivity contribution in [2.45, 2.75) is 17.6 Å². The Morgan fingerprint density at radius 1 is 1.50 bits per heavy atom. The van der Waals surface area contributed by atoms with Crippen LogP contribution in [-0.2, 0) is 14.8 Å². The second-order valence-corrected chi connectivity index (χ2v) is 5.40. The van der Waals surface area contributed by atoms with Crippen LogP contribution in [0.1, 0.15) is 17.0 Å². The number of carbonyl (C=O) groups is 2. The van der Waals surface area contributed by atoms with Gasteiger partial charge in [-0.3, -0.25) is 4.79 Å². The van der Waals surface area contributed by atoms with Crippen molar-refractivity contribution in [3.05, 3.63) is 17.9 Å². The molecule has 0 aromatic carbocycles. The van der Waals surface area contributed by atoms with Gasteiger partial charge in [0, 0.05) is 19.0 Å². The number of rotatable bonds is 4. The van der Waals surface area contributed by atoms with E-state index in [1.54, 1.807) is 0 Å². The summed E-state index contributed by atoms with van der Waals surface area (Å²) in [4.78, 5) is 21.5. The summed E-state index contributed by atoms with van der Waals surface area (Å²) in [7, 11) is -3.95. The van der Waals surface area contributed by atoms with Crippen LogP contribution in [0.2, 0.25) is 0 Å². The lowest BCUT2D eigenvalue weighted by molar-refractivity contribution is -0.119. The van der Waals surface area contributed by atoms with Crippen molar-refractivity contribution in [2.75, 3.05) is 6.54 Å². The first-order valence-electron chi connectivity index (χ1n) is 5.00. The Hall–Kier alpha value is -1.87. The number of furan rings is 1. The lowest BCUT2D eigenvalue weighted by atomic mass is 10.3. The molecule has 1 unspecified atom stereocenters. The number of amides is 1. The van der Waals surface area contributed by atoms with Crippen LogP contribution in [-0.4, -0.2) is 38.0 Å². The van der Waals surface area contributed by atoms with Gasteiger partial charge in [-0.1, -0.05) is 0 Å². The number of hydrogen-bond acceptors (Lipinski definition) is 5. The summed E-state index contributed by atoms with van der Waals surface area (Å²) in [6.07, 6.45) is 0.0473. The van der Waals surface area contributed by atoms with Gasteiger partial charge in [-0.25, -0.2) is 17.9 Å². The lowest BCUT2D eigenvalue weighted by Crippen LogP contribution is -2.36. The van der Waals surface area contributed by atoms with E-state index in [1.807, 2.05) is 0 Å². The minimum atomic E-state index is -3.95. The van der Waals surface area contributed by atoms with Gasteiger partial charge in [0.25, 0.3) is 10.0 Å². The van der Waals surface area contributed by atoms with E-state index in [4.69, 9.17) is 9.52 Å². The predicted octanol–water partition coefficient (Wildman–Crippen LogP) is -0.855. The third-order valence-electron chi connectivity index (χ3n) is 2.36. The smallest absolute Gasteiger partial charge is 0.371 e. The summed E-state index contributed by atoms with van der Waals surface area (Å²) in [6.45, 7) is 0.199. The van der Waals surface area contributed by atoms with Crippen molar-refractivity contribution in [3.63, 3.8) is 0 Å². The number of carbonyl (C=O) groups excluding carboxylic acids is 1. The third kappa shape index (κ3) is 2.51. The van der Waals surface area contributed by atoms with Crippen molar-refractivity contribution >= 4 is 21.9 Å². The van der Waals surface area contributed by atoms with E-state index in [9.17, 15) is 18.0 Å². The molecule has 8 nitrogen and oxygen atoms in total. The average molecular weight is 274 g/mol. The van der Waals surface area contributed by atoms with E-state index in [0.29, 0.717) is 0 Å². The first kappa shape index (κ1) is 12.6. The first-order valence-corrected chi connectivity index (χ1v) is 6.49. The van der Waals surface area contributed by atoms with E-state index in [0.717, 1.165) is 12.1 Å². The van der Waals surface area contributed by atoms with Crippen LogP contribution in [0.15, 0.2) is 21.6 Å². The van der Waals surface area contributed by atoms with Crippen molar-refractivity contribution in [1.82, 2.24) is 10.0 Å². The van der Waals surface area contributed by atoms with E-state index in [-0.39, 0.29) is 18.9 Å². The summed E-state index contributed by atoms with van der Waals surface area (Å²) >= 11 is 0. The number of sulfonamides is 1. The highest BCUT2D eigenvalue weighted by molar-refractivity contribution is 7.89. The molecule has 1 fully saturated rings. The van der Waals surface area contributed by atoms with E-state index < -0.39 is 32.9 Å². The molecule has 18 heavy (non-hydrogen) atoms. The molecule has 1 saturated heterocycles. The summed E-state index contributed by atoms with van der Waals surface area (Å²) in [6, 6.07) is 1.55. The van der Waals surface area contributed by atoms with Crippen LogP contribution >= 0.6 is 0 Å². The normalized spacial score (nSPS) is 19.8. The van der Waals surface area contributed by atoms with Crippen LogP contribution in [0.4, 0.5) is 0 Å². The van der Waals surface area contributed by atoms with Gasteiger partial charge >= 0.3 is 5.97 Å². The topological polar surface area (TPSA) is 126 Å². The Morgan fingerprint density at radius 2 is 2.22 bits per heavy atom. The fourth-order valence-corrected chi connectivity index (χ4v) is 2.71. The number of aromatic carboxylic acids is 1. The molecular formula is C9H10N2O6S. The maximum atomic E-state index is 11.8. The van der Waals surface area contributed by atoms with Crippen molar-refractivity contribution in [3.8, 4) is 0 Å². The largest absolute Gasteiger partial charge is 0.475 e. The van der Waals surface area contributed by atoms with Gasteiger partial charge < -0.3 is 14.8 Å². The molecule has 0 aliphatic carbocycles. The highest BCUT2D eigenvalue weighted by Crippen LogP contribution is 2.15. The van der Waals surface area contributed by atoms with Crippen molar-refractivity contribution in [2.24, 2.45) is 0 Å². The molecule has 0 radical (unpaired) electrons. The Labute approximate surface area is 102 Å². The van der Waals surface area contributed by atoms with Gasteiger partial charge in [-0.15, -0.1) is 0 Å². The number of carboxylic acids is 1. The molecule has 1 atom stereocenters. The number of carboxylic acid groups (broad SMARTS) is 1. The van der Waals surface area contributed by atoms with Crippen LogP contribution in [0, 0.1) is 0 Å². The molecule has 2 heterocycles. The van der Waals surface area contributed by atoms with E-state index >= 15 is 0 Å². The van der Waals surface area contributed by atoms with E-state index in [2.05, 4.69) is 10.0 Å². The van der Waals surface area contributed by atoms with E-state index in [1.165, 1.54) is 0 Å². The standard InChI is InChI=1S/C9H10N2O6S/c12-7-3-5(4-10-7)11-18(15,16)8-2-1-6(17-8)9(13)14/h1-2,5,11H,3-4H2,(H,10,12)(H,13,14).